The third kappa shape index (κ3) is 3.17. The van der Waals surface area contributed by atoms with E-state index in [-0.39, 0.29) is 6.10 Å². The van der Waals surface area contributed by atoms with Gasteiger partial charge in [-0.3, -0.25) is 0 Å². The summed E-state index contributed by atoms with van der Waals surface area (Å²) in [6, 6.07) is 3.92. The Labute approximate surface area is 96.1 Å². The van der Waals surface area contributed by atoms with E-state index in [4.69, 9.17) is 0 Å². The SMILES string of the molecule is Cc1ccc(NCC2CCC(O)CC2)nn1. The van der Waals surface area contributed by atoms with E-state index >= 15 is 0 Å². The standard InChI is InChI=1S/C12H19N3O/c1-9-2-7-12(15-14-9)13-8-10-3-5-11(16)6-4-10/h2,7,10-11,16H,3-6,8H2,1H3,(H,13,15). The van der Waals surface area contributed by atoms with E-state index in [1.54, 1.807) is 0 Å². The molecule has 4 heteroatoms. The van der Waals surface area contributed by atoms with E-state index in [1.165, 1.54) is 0 Å². The molecule has 0 radical (unpaired) electrons. The molecule has 1 fully saturated rings. The zero-order chi connectivity index (χ0) is 11.4. The third-order valence-electron chi connectivity index (χ3n) is 3.19. The molecule has 1 aromatic rings. The summed E-state index contributed by atoms with van der Waals surface area (Å²) < 4.78 is 0. The van der Waals surface area contributed by atoms with Crippen LogP contribution in [-0.4, -0.2) is 28.0 Å². The number of hydrogen-bond donors (Lipinski definition) is 2. The maximum absolute atomic E-state index is 9.40. The van der Waals surface area contributed by atoms with Crippen LogP contribution in [0.15, 0.2) is 12.1 Å². The summed E-state index contributed by atoms with van der Waals surface area (Å²) in [6.07, 6.45) is 4.01. The third-order valence-corrected chi connectivity index (χ3v) is 3.19. The maximum Gasteiger partial charge on any atom is 0.148 e. The van der Waals surface area contributed by atoms with Gasteiger partial charge < -0.3 is 10.4 Å². The molecule has 16 heavy (non-hydrogen) atoms. The zero-order valence-electron chi connectivity index (χ0n) is 9.69. The molecule has 1 heterocycles. The number of aryl methyl sites for hydroxylation is 1. The highest BCUT2D eigenvalue weighted by Crippen LogP contribution is 2.24. The van der Waals surface area contributed by atoms with Crippen molar-refractivity contribution < 1.29 is 5.11 Å². The van der Waals surface area contributed by atoms with Gasteiger partial charge in [-0.2, -0.15) is 5.10 Å². The summed E-state index contributed by atoms with van der Waals surface area (Å²) >= 11 is 0. The van der Waals surface area contributed by atoms with Crippen molar-refractivity contribution >= 4 is 5.82 Å². The molecule has 88 valence electrons. The van der Waals surface area contributed by atoms with Crippen LogP contribution in [0.4, 0.5) is 5.82 Å². The van der Waals surface area contributed by atoms with Crippen molar-refractivity contribution in [3.8, 4) is 0 Å². The fourth-order valence-corrected chi connectivity index (χ4v) is 2.09. The van der Waals surface area contributed by atoms with E-state index < -0.39 is 0 Å². The van der Waals surface area contributed by atoms with Gasteiger partial charge in [-0.1, -0.05) is 0 Å². The lowest BCUT2D eigenvalue weighted by Gasteiger charge is -2.25. The van der Waals surface area contributed by atoms with Gasteiger partial charge in [0.2, 0.25) is 0 Å². The lowest BCUT2D eigenvalue weighted by Crippen LogP contribution is -2.23. The number of aromatic nitrogens is 2. The fourth-order valence-electron chi connectivity index (χ4n) is 2.09. The van der Waals surface area contributed by atoms with Crippen LogP contribution in [0.3, 0.4) is 0 Å². The highest BCUT2D eigenvalue weighted by Gasteiger charge is 2.18. The largest absolute Gasteiger partial charge is 0.393 e. The van der Waals surface area contributed by atoms with Crippen molar-refractivity contribution in [2.75, 3.05) is 11.9 Å². The molecular formula is C12H19N3O. The van der Waals surface area contributed by atoms with Gasteiger partial charge in [0, 0.05) is 6.54 Å². The van der Waals surface area contributed by atoms with Crippen LogP contribution in [0.5, 0.6) is 0 Å². The van der Waals surface area contributed by atoms with Crippen molar-refractivity contribution in [2.45, 2.75) is 38.7 Å². The van der Waals surface area contributed by atoms with Gasteiger partial charge in [0.05, 0.1) is 11.8 Å². The Morgan fingerprint density at radius 3 is 2.62 bits per heavy atom. The van der Waals surface area contributed by atoms with Gasteiger partial charge in [0.1, 0.15) is 5.82 Å². The van der Waals surface area contributed by atoms with Crippen LogP contribution >= 0.6 is 0 Å². The first kappa shape index (κ1) is 11.3. The first-order valence-electron chi connectivity index (χ1n) is 5.96. The maximum atomic E-state index is 9.40. The van der Waals surface area contributed by atoms with E-state index in [0.29, 0.717) is 5.92 Å². The number of anilines is 1. The number of rotatable bonds is 3. The molecule has 0 spiro atoms. The first-order chi connectivity index (χ1) is 7.74. The molecule has 0 unspecified atom stereocenters. The molecule has 1 saturated carbocycles. The summed E-state index contributed by atoms with van der Waals surface area (Å²) in [4.78, 5) is 0. The molecule has 0 aliphatic heterocycles. The monoisotopic (exact) mass is 221 g/mol. The van der Waals surface area contributed by atoms with Crippen LogP contribution in [0.25, 0.3) is 0 Å². The lowest BCUT2D eigenvalue weighted by atomic mass is 9.87. The number of nitrogens with one attached hydrogen (secondary N) is 1. The van der Waals surface area contributed by atoms with Crippen molar-refractivity contribution in [3.05, 3.63) is 17.8 Å². The van der Waals surface area contributed by atoms with E-state index in [0.717, 1.165) is 43.7 Å². The van der Waals surface area contributed by atoms with Crippen LogP contribution in [0.1, 0.15) is 31.4 Å². The molecule has 2 N–H and O–H groups in total. The Kier molecular flexibility index (Phi) is 3.72. The molecule has 4 nitrogen and oxygen atoms in total. The predicted molar refractivity (Wildman–Crippen MR) is 63.2 cm³/mol. The van der Waals surface area contributed by atoms with E-state index in [2.05, 4.69) is 15.5 Å². The number of aliphatic hydroxyl groups is 1. The number of nitrogens with zero attached hydrogens (tertiary/aromatic N) is 2. The average molecular weight is 221 g/mol. The first-order valence-corrected chi connectivity index (χ1v) is 5.96. The molecule has 0 bridgehead atoms. The lowest BCUT2D eigenvalue weighted by molar-refractivity contribution is 0.111. The average Bonchev–Trinajstić information content (AvgIpc) is 2.30. The number of hydrogen-bond acceptors (Lipinski definition) is 4. The summed E-state index contributed by atoms with van der Waals surface area (Å²) in [6.45, 7) is 2.86. The second kappa shape index (κ2) is 5.25. The van der Waals surface area contributed by atoms with E-state index in [9.17, 15) is 5.11 Å². The minimum atomic E-state index is -0.0737. The molecular weight excluding hydrogens is 202 g/mol. The van der Waals surface area contributed by atoms with Crippen LogP contribution < -0.4 is 5.32 Å². The summed E-state index contributed by atoms with van der Waals surface area (Å²) in [5, 5.41) is 20.8. The fraction of sp³-hybridized carbons (Fsp3) is 0.667. The molecule has 1 aromatic heterocycles. The molecule has 1 aliphatic rings. The van der Waals surface area contributed by atoms with Crippen LogP contribution in [-0.2, 0) is 0 Å². The molecule has 0 amide bonds. The van der Waals surface area contributed by atoms with Gasteiger partial charge in [0.15, 0.2) is 0 Å². The van der Waals surface area contributed by atoms with Crippen molar-refractivity contribution in [1.29, 1.82) is 0 Å². The Balaban J connectivity index is 1.77. The molecule has 0 atom stereocenters. The molecule has 2 rings (SSSR count). The van der Waals surface area contributed by atoms with Crippen molar-refractivity contribution in [1.82, 2.24) is 10.2 Å². The highest BCUT2D eigenvalue weighted by atomic mass is 16.3. The summed E-state index contributed by atoms with van der Waals surface area (Å²) in [7, 11) is 0. The molecule has 0 aromatic carbocycles. The highest BCUT2D eigenvalue weighted by molar-refractivity contribution is 5.32. The Morgan fingerprint density at radius 2 is 2.00 bits per heavy atom. The van der Waals surface area contributed by atoms with Crippen molar-refractivity contribution in [3.63, 3.8) is 0 Å². The minimum Gasteiger partial charge on any atom is -0.393 e. The van der Waals surface area contributed by atoms with Crippen molar-refractivity contribution in [2.24, 2.45) is 5.92 Å². The summed E-state index contributed by atoms with van der Waals surface area (Å²) in [5.41, 5.74) is 0.936. The van der Waals surface area contributed by atoms with E-state index in [1.807, 2.05) is 19.1 Å². The number of aliphatic hydroxyl groups excluding tert-OH is 1. The van der Waals surface area contributed by atoms with Crippen LogP contribution in [0.2, 0.25) is 0 Å². The van der Waals surface area contributed by atoms with Gasteiger partial charge >= 0.3 is 0 Å². The van der Waals surface area contributed by atoms with Gasteiger partial charge in [-0.25, -0.2) is 0 Å². The molecule has 0 saturated heterocycles. The zero-order valence-corrected chi connectivity index (χ0v) is 9.69. The smallest absolute Gasteiger partial charge is 0.148 e. The van der Waals surface area contributed by atoms with Gasteiger partial charge in [-0.05, 0) is 50.7 Å². The second-order valence-corrected chi connectivity index (χ2v) is 4.62. The Morgan fingerprint density at radius 1 is 1.25 bits per heavy atom. The summed E-state index contributed by atoms with van der Waals surface area (Å²) in [5.74, 6) is 1.50. The second-order valence-electron chi connectivity index (χ2n) is 4.62. The normalized spacial score (nSPS) is 25.4. The Hall–Kier alpha value is -1.16. The quantitative estimate of drug-likeness (QED) is 0.816. The Bertz CT molecular complexity index is 318. The van der Waals surface area contributed by atoms with Crippen LogP contribution in [0, 0.1) is 12.8 Å². The predicted octanol–water partition coefficient (Wildman–Crippen LogP) is 1.75. The van der Waals surface area contributed by atoms with Gasteiger partial charge in [-0.15, -0.1) is 5.10 Å². The minimum absolute atomic E-state index is 0.0737. The van der Waals surface area contributed by atoms with Gasteiger partial charge in [0.25, 0.3) is 0 Å². The molecule has 1 aliphatic carbocycles. The topological polar surface area (TPSA) is 58.0 Å².